The average molecular weight is 392 g/mol. The number of hydrogen-bond acceptors (Lipinski definition) is 4. The van der Waals surface area contributed by atoms with E-state index >= 15 is 0 Å². The molecule has 0 radical (unpaired) electrons. The highest BCUT2D eigenvalue weighted by molar-refractivity contribution is 5.95. The number of aliphatic imine (C=N–C) groups is 1. The summed E-state index contributed by atoms with van der Waals surface area (Å²) in [7, 11) is 1.59. The number of carbonyl (C=O) groups is 2. The maximum Gasteiger partial charge on any atom is 0.335 e. The lowest BCUT2D eigenvalue weighted by Gasteiger charge is -2.12. The topological polar surface area (TPSA) is 101 Å². The monoisotopic (exact) mass is 392 g/mol. The van der Waals surface area contributed by atoms with Crippen LogP contribution in [0.15, 0.2) is 53.5 Å². The third-order valence-corrected chi connectivity index (χ3v) is 4.55. The predicted molar refractivity (Wildman–Crippen MR) is 109 cm³/mol. The van der Waals surface area contributed by atoms with Crippen LogP contribution >= 0.6 is 0 Å². The first-order valence-electron chi connectivity index (χ1n) is 8.79. The smallest absolute Gasteiger partial charge is 0.335 e. The fourth-order valence-electron chi connectivity index (χ4n) is 3.14. The second kappa shape index (κ2) is 8.02. The molecule has 0 aliphatic heterocycles. The Balaban J connectivity index is 2.05. The molecule has 0 saturated heterocycles. The number of carboxylic acids is 2. The van der Waals surface area contributed by atoms with Crippen molar-refractivity contribution < 1.29 is 24.5 Å². The van der Waals surface area contributed by atoms with E-state index in [9.17, 15) is 19.8 Å². The zero-order valence-corrected chi connectivity index (χ0v) is 16.2. The maximum atomic E-state index is 11.4. The van der Waals surface area contributed by atoms with E-state index in [0.29, 0.717) is 11.4 Å². The number of rotatable bonds is 6. The van der Waals surface area contributed by atoms with Crippen LogP contribution in [0.5, 0.6) is 5.75 Å². The summed E-state index contributed by atoms with van der Waals surface area (Å²) in [6, 6.07) is 13.3. The Morgan fingerprint density at radius 1 is 1.00 bits per heavy atom. The van der Waals surface area contributed by atoms with E-state index in [0.717, 1.165) is 28.7 Å². The van der Waals surface area contributed by atoms with Gasteiger partial charge in [0.15, 0.2) is 0 Å². The van der Waals surface area contributed by atoms with Crippen molar-refractivity contribution in [1.29, 1.82) is 0 Å². The molecule has 0 atom stereocenters. The number of carboxylic acid groups (broad SMARTS) is 2. The van der Waals surface area contributed by atoms with Gasteiger partial charge >= 0.3 is 11.9 Å². The Morgan fingerprint density at radius 2 is 1.66 bits per heavy atom. The van der Waals surface area contributed by atoms with E-state index < -0.39 is 11.9 Å². The molecule has 2 aromatic carbocycles. The van der Waals surface area contributed by atoms with E-state index in [1.165, 1.54) is 12.1 Å². The van der Waals surface area contributed by atoms with Gasteiger partial charge in [0.05, 0.1) is 23.9 Å². The van der Waals surface area contributed by atoms with Crippen LogP contribution in [0.25, 0.3) is 5.69 Å². The number of methoxy groups -OCH3 is 1. The largest absolute Gasteiger partial charge is 0.497 e. The quantitative estimate of drug-likeness (QED) is 0.611. The van der Waals surface area contributed by atoms with Gasteiger partial charge in [-0.05, 0) is 50.2 Å². The van der Waals surface area contributed by atoms with Gasteiger partial charge in [0.2, 0.25) is 0 Å². The third-order valence-electron chi connectivity index (χ3n) is 4.55. The molecule has 29 heavy (non-hydrogen) atoms. The summed E-state index contributed by atoms with van der Waals surface area (Å²) in [6.07, 6.45) is 1.72. The highest BCUT2D eigenvalue weighted by Crippen LogP contribution is 2.24. The van der Waals surface area contributed by atoms with Gasteiger partial charge < -0.3 is 19.5 Å². The molecule has 0 bridgehead atoms. The average Bonchev–Trinajstić information content (AvgIpc) is 2.99. The first-order chi connectivity index (χ1) is 13.8. The van der Waals surface area contributed by atoms with E-state index in [4.69, 9.17) is 4.74 Å². The lowest BCUT2D eigenvalue weighted by atomic mass is 10.1. The van der Waals surface area contributed by atoms with Gasteiger partial charge in [-0.3, -0.25) is 4.99 Å². The van der Waals surface area contributed by atoms with Crippen molar-refractivity contribution in [2.75, 3.05) is 7.11 Å². The molecule has 2 N–H and O–H groups in total. The summed E-state index contributed by atoms with van der Waals surface area (Å²) in [5, 5.41) is 18.7. The molecule has 0 spiro atoms. The van der Waals surface area contributed by atoms with Gasteiger partial charge in [-0.1, -0.05) is 6.07 Å². The second-order valence-corrected chi connectivity index (χ2v) is 6.50. The van der Waals surface area contributed by atoms with Crippen molar-refractivity contribution in [1.82, 2.24) is 4.57 Å². The van der Waals surface area contributed by atoms with Gasteiger partial charge in [0.1, 0.15) is 5.75 Å². The van der Waals surface area contributed by atoms with Crippen molar-refractivity contribution in [2.45, 2.75) is 13.8 Å². The van der Waals surface area contributed by atoms with E-state index in [1.54, 1.807) is 13.3 Å². The minimum atomic E-state index is -1.18. The molecule has 0 unspecified atom stereocenters. The minimum absolute atomic E-state index is 0.0843. The number of hydrogen-bond donors (Lipinski definition) is 2. The molecule has 1 aromatic heterocycles. The molecule has 7 heteroatoms. The normalized spacial score (nSPS) is 11.0. The molecule has 148 valence electrons. The summed E-state index contributed by atoms with van der Waals surface area (Å²) in [4.78, 5) is 27.3. The molecule has 7 nitrogen and oxygen atoms in total. The molecule has 0 saturated carbocycles. The van der Waals surface area contributed by atoms with E-state index in [2.05, 4.69) is 4.99 Å². The Kier molecular flexibility index (Phi) is 5.50. The standard InChI is InChI=1S/C22H20N2O5/c1-13-7-17(12-23-18-5-4-6-20(11-18)29-3)14(2)24(13)19-9-15(21(25)26)8-16(10-19)22(27)28/h4-12H,1-3H3,(H,25,26)(H,27,28). The molecule has 0 aliphatic rings. The highest BCUT2D eigenvalue weighted by Gasteiger charge is 2.15. The summed E-state index contributed by atoms with van der Waals surface area (Å²) < 4.78 is 7.01. The first-order valence-corrected chi connectivity index (χ1v) is 8.79. The van der Waals surface area contributed by atoms with Gasteiger partial charge in [0, 0.05) is 34.9 Å². The minimum Gasteiger partial charge on any atom is -0.497 e. The van der Waals surface area contributed by atoms with Crippen LogP contribution < -0.4 is 4.74 Å². The van der Waals surface area contributed by atoms with Gasteiger partial charge in [-0.15, -0.1) is 0 Å². The Bertz CT molecular complexity index is 1100. The molecule has 3 rings (SSSR count). The van der Waals surface area contributed by atoms with Crippen LogP contribution in [0.1, 0.15) is 37.7 Å². The zero-order valence-electron chi connectivity index (χ0n) is 16.2. The van der Waals surface area contributed by atoms with Crippen LogP contribution in [0.2, 0.25) is 0 Å². The Morgan fingerprint density at radius 3 is 2.24 bits per heavy atom. The molecular weight excluding hydrogens is 372 g/mol. The van der Waals surface area contributed by atoms with Crippen LogP contribution in [0, 0.1) is 13.8 Å². The summed E-state index contributed by atoms with van der Waals surface area (Å²) >= 11 is 0. The number of benzene rings is 2. The molecule has 3 aromatic rings. The zero-order chi connectivity index (χ0) is 21.1. The molecule has 0 amide bonds. The van der Waals surface area contributed by atoms with Crippen LogP contribution in [0.4, 0.5) is 5.69 Å². The second-order valence-electron chi connectivity index (χ2n) is 6.50. The van der Waals surface area contributed by atoms with Crippen molar-refractivity contribution in [3.63, 3.8) is 0 Å². The summed E-state index contributed by atoms with van der Waals surface area (Å²) in [5.74, 6) is -1.66. The number of aromatic nitrogens is 1. The third kappa shape index (κ3) is 4.19. The molecule has 0 fully saturated rings. The van der Waals surface area contributed by atoms with Crippen molar-refractivity contribution in [3.8, 4) is 11.4 Å². The molecule has 0 aliphatic carbocycles. The number of aromatic carboxylic acids is 2. The van der Waals surface area contributed by atoms with Crippen LogP contribution in [0.3, 0.4) is 0 Å². The van der Waals surface area contributed by atoms with Crippen molar-refractivity contribution in [2.24, 2.45) is 4.99 Å². The van der Waals surface area contributed by atoms with Crippen molar-refractivity contribution >= 4 is 23.8 Å². The first kappa shape index (κ1) is 19.9. The lowest BCUT2D eigenvalue weighted by Crippen LogP contribution is -2.07. The van der Waals surface area contributed by atoms with Crippen molar-refractivity contribution in [3.05, 3.63) is 76.6 Å². The maximum absolute atomic E-state index is 11.4. The summed E-state index contributed by atoms with van der Waals surface area (Å²) in [6.45, 7) is 3.73. The Labute approximate surface area is 167 Å². The van der Waals surface area contributed by atoms with E-state index in [1.807, 2.05) is 48.7 Å². The molecule has 1 heterocycles. The lowest BCUT2D eigenvalue weighted by molar-refractivity contribution is 0.0696. The fraction of sp³-hybridized carbons (Fsp3) is 0.136. The van der Waals surface area contributed by atoms with Gasteiger partial charge in [-0.2, -0.15) is 0 Å². The number of nitrogens with zero attached hydrogens (tertiary/aromatic N) is 2. The number of ether oxygens (including phenoxy) is 1. The SMILES string of the molecule is COc1cccc(N=Cc2cc(C)n(-c3cc(C(=O)O)cc(C(=O)O)c3)c2C)c1. The predicted octanol–water partition coefficient (Wildman–Crippen LogP) is 4.25. The molecular formula is C22H20N2O5. The highest BCUT2D eigenvalue weighted by atomic mass is 16.5. The Hall–Kier alpha value is -3.87. The fourth-order valence-corrected chi connectivity index (χ4v) is 3.14. The van der Waals surface area contributed by atoms with Gasteiger partial charge in [-0.25, -0.2) is 9.59 Å². The van der Waals surface area contributed by atoms with E-state index in [-0.39, 0.29) is 11.1 Å². The van der Waals surface area contributed by atoms with Gasteiger partial charge in [0.25, 0.3) is 0 Å². The van der Waals surface area contributed by atoms with Crippen LogP contribution in [-0.2, 0) is 0 Å². The number of aryl methyl sites for hydroxylation is 1. The summed E-state index contributed by atoms with van der Waals surface area (Å²) in [5.41, 5.74) is 3.51. The van der Waals surface area contributed by atoms with Crippen LogP contribution in [-0.4, -0.2) is 40.0 Å².